The van der Waals surface area contributed by atoms with Crippen LogP contribution >= 0.6 is 27.5 Å². The first-order chi connectivity index (χ1) is 8.54. The van der Waals surface area contributed by atoms with Crippen molar-refractivity contribution >= 4 is 27.5 Å². The van der Waals surface area contributed by atoms with E-state index in [4.69, 9.17) is 11.6 Å². The molecule has 18 heavy (non-hydrogen) atoms. The summed E-state index contributed by atoms with van der Waals surface area (Å²) in [5.41, 5.74) is 2.26. The van der Waals surface area contributed by atoms with E-state index >= 15 is 0 Å². The summed E-state index contributed by atoms with van der Waals surface area (Å²) in [5.74, 6) is 2.07. The molecule has 2 rings (SSSR count). The van der Waals surface area contributed by atoms with Crippen LogP contribution in [0.4, 0.5) is 0 Å². The molecule has 96 valence electrons. The van der Waals surface area contributed by atoms with Gasteiger partial charge in [-0.3, -0.25) is 0 Å². The lowest BCUT2D eigenvalue weighted by Gasteiger charge is -2.14. The third kappa shape index (κ3) is 2.45. The summed E-state index contributed by atoms with van der Waals surface area (Å²) in [5, 5.41) is 8.45. The minimum Gasteiger partial charge on any atom is -0.307 e. The molecule has 0 amide bonds. The van der Waals surface area contributed by atoms with E-state index in [0.29, 0.717) is 5.88 Å². The molecule has 0 spiro atoms. The predicted octanol–water partition coefficient (Wildman–Crippen LogP) is 4.34. The summed E-state index contributed by atoms with van der Waals surface area (Å²) in [6, 6.07) is 6.43. The van der Waals surface area contributed by atoms with Crippen molar-refractivity contribution in [3.63, 3.8) is 0 Å². The topological polar surface area (TPSA) is 30.7 Å². The quantitative estimate of drug-likeness (QED) is 0.785. The maximum absolute atomic E-state index is 5.91. The molecule has 0 saturated carbocycles. The van der Waals surface area contributed by atoms with Gasteiger partial charge in [0.2, 0.25) is 0 Å². The standard InChI is InChI=1S/C13H15BrClN3/c1-8(2)18-12(7-15)16-17-13(18)11-5-4-10(14)6-9(11)3/h4-6,8H,7H2,1-3H3. The zero-order valence-corrected chi connectivity index (χ0v) is 13.0. The molecule has 0 saturated heterocycles. The lowest BCUT2D eigenvalue weighted by atomic mass is 10.1. The molecule has 0 aliphatic heterocycles. The highest BCUT2D eigenvalue weighted by Gasteiger charge is 2.16. The minimum atomic E-state index is 0.284. The monoisotopic (exact) mass is 327 g/mol. The normalized spacial score (nSPS) is 11.2. The fourth-order valence-corrected chi connectivity index (χ4v) is 2.68. The number of aryl methyl sites for hydroxylation is 1. The second-order valence-electron chi connectivity index (χ2n) is 4.50. The third-order valence-corrected chi connectivity index (χ3v) is 3.56. The van der Waals surface area contributed by atoms with Crippen LogP contribution in [0.5, 0.6) is 0 Å². The van der Waals surface area contributed by atoms with Crippen LogP contribution < -0.4 is 0 Å². The van der Waals surface area contributed by atoms with Gasteiger partial charge >= 0.3 is 0 Å². The van der Waals surface area contributed by atoms with Crippen molar-refractivity contribution in [1.29, 1.82) is 0 Å². The SMILES string of the molecule is Cc1cc(Br)ccc1-c1nnc(CCl)n1C(C)C. The highest BCUT2D eigenvalue weighted by atomic mass is 79.9. The smallest absolute Gasteiger partial charge is 0.164 e. The summed E-state index contributed by atoms with van der Waals surface area (Å²) in [7, 11) is 0. The van der Waals surface area contributed by atoms with Gasteiger partial charge in [-0.1, -0.05) is 15.9 Å². The van der Waals surface area contributed by atoms with E-state index < -0.39 is 0 Å². The molecule has 3 nitrogen and oxygen atoms in total. The van der Waals surface area contributed by atoms with Gasteiger partial charge in [0.25, 0.3) is 0 Å². The third-order valence-electron chi connectivity index (χ3n) is 2.83. The first kappa shape index (κ1) is 13.6. The Morgan fingerprint density at radius 1 is 1.33 bits per heavy atom. The van der Waals surface area contributed by atoms with E-state index in [2.05, 4.69) is 63.6 Å². The number of nitrogens with zero attached hydrogens (tertiary/aromatic N) is 3. The Morgan fingerprint density at radius 3 is 2.61 bits per heavy atom. The van der Waals surface area contributed by atoms with Gasteiger partial charge in [-0.2, -0.15) is 0 Å². The number of hydrogen-bond acceptors (Lipinski definition) is 2. The predicted molar refractivity (Wildman–Crippen MR) is 77.8 cm³/mol. The maximum atomic E-state index is 5.91. The molecule has 0 aliphatic carbocycles. The first-order valence-corrected chi connectivity index (χ1v) is 7.13. The van der Waals surface area contributed by atoms with Gasteiger partial charge in [-0.25, -0.2) is 0 Å². The highest BCUT2D eigenvalue weighted by molar-refractivity contribution is 9.10. The lowest BCUT2D eigenvalue weighted by Crippen LogP contribution is -2.07. The van der Waals surface area contributed by atoms with Gasteiger partial charge in [0.15, 0.2) is 5.82 Å². The van der Waals surface area contributed by atoms with Gasteiger partial charge in [0, 0.05) is 16.1 Å². The van der Waals surface area contributed by atoms with Crippen LogP contribution in [-0.2, 0) is 5.88 Å². The molecule has 0 unspecified atom stereocenters. The molecule has 2 aromatic rings. The average molecular weight is 329 g/mol. The largest absolute Gasteiger partial charge is 0.307 e. The lowest BCUT2D eigenvalue weighted by molar-refractivity contribution is 0.584. The Morgan fingerprint density at radius 2 is 2.06 bits per heavy atom. The van der Waals surface area contributed by atoms with Crippen molar-refractivity contribution in [2.75, 3.05) is 0 Å². The molecular weight excluding hydrogens is 314 g/mol. The number of aromatic nitrogens is 3. The van der Waals surface area contributed by atoms with E-state index in [-0.39, 0.29) is 6.04 Å². The zero-order chi connectivity index (χ0) is 13.3. The van der Waals surface area contributed by atoms with E-state index in [0.717, 1.165) is 21.7 Å². The number of alkyl halides is 1. The number of rotatable bonds is 3. The van der Waals surface area contributed by atoms with Crippen LogP contribution in [0.1, 0.15) is 31.3 Å². The Labute approximate surface area is 120 Å². The summed E-state index contributed by atoms with van der Waals surface area (Å²) < 4.78 is 3.15. The first-order valence-electron chi connectivity index (χ1n) is 5.81. The van der Waals surface area contributed by atoms with Crippen molar-refractivity contribution < 1.29 is 0 Å². The van der Waals surface area contributed by atoms with Crippen LogP contribution in [0, 0.1) is 6.92 Å². The Kier molecular flexibility index (Phi) is 4.07. The van der Waals surface area contributed by atoms with Crippen molar-refractivity contribution in [2.24, 2.45) is 0 Å². The van der Waals surface area contributed by atoms with Crippen molar-refractivity contribution in [2.45, 2.75) is 32.7 Å². The second-order valence-corrected chi connectivity index (χ2v) is 5.68. The molecule has 5 heteroatoms. The van der Waals surface area contributed by atoms with Crippen LogP contribution in [-0.4, -0.2) is 14.8 Å². The van der Waals surface area contributed by atoms with Crippen molar-refractivity contribution in [3.05, 3.63) is 34.1 Å². The summed E-state index contributed by atoms with van der Waals surface area (Å²) >= 11 is 9.38. The van der Waals surface area contributed by atoms with Gasteiger partial charge in [0.05, 0.1) is 5.88 Å². The molecule has 1 aromatic heterocycles. The Balaban J connectivity index is 2.60. The van der Waals surface area contributed by atoms with Gasteiger partial charge < -0.3 is 4.57 Å². The van der Waals surface area contributed by atoms with Gasteiger partial charge in [0.1, 0.15) is 5.82 Å². The summed E-state index contributed by atoms with van der Waals surface area (Å²) in [6.45, 7) is 6.29. The fraction of sp³-hybridized carbons (Fsp3) is 0.385. The van der Waals surface area contributed by atoms with Crippen LogP contribution in [0.2, 0.25) is 0 Å². The molecule has 0 aliphatic rings. The van der Waals surface area contributed by atoms with Crippen LogP contribution in [0.3, 0.4) is 0 Å². The fourth-order valence-electron chi connectivity index (χ4n) is 2.02. The highest BCUT2D eigenvalue weighted by Crippen LogP contribution is 2.27. The van der Waals surface area contributed by atoms with Crippen LogP contribution in [0.15, 0.2) is 22.7 Å². The molecule has 0 fully saturated rings. The summed E-state index contributed by atoms with van der Waals surface area (Å²) in [4.78, 5) is 0. The Hall–Kier alpha value is -0.870. The average Bonchev–Trinajstić information content (AvgIpc) is 2.72. The molecule has 0 N–H and O–H groups in total. The number of benzene rings is 1. The van der Waals surface area contributed by atoms with Gasteiger partial charge in [-0.05, 0) is 44.5 Å². The molecular formula is C13H15BrClN3. The maximum Gasteiger partial charge on any atom is 0.164 e. The molecule has 1 aromatic carbocycles. The molecule has 0 atom stereocenters. The van der Waals surface area contributed by atoms with E-state index in [1.807, 2.05) is 6.07 Å². The van der Waals surface area contributed by atoms with Crippen LogP contribution in [0.25, 0.3) is 11.4 Å². The van der Waals surface area contributed by atoms with E-state index in [9.17, 15) is 0 Å². The number of hydrogen-bond donors (Lipinski definition) is 0. The summed E-state index contributed by atoms with van der Waals surface area (Å²) in [6.07, 6.45) is 0. The number of halogens is 2. The second kappa shape index (κ2) is 5.41. The van der Waals surface area contributed by atoms with Crippen molar-refractivity contribution in [3.8, 4) is 11.4 Å². The minimum absolute atomic E-state index is 0.284. The molecule has 0 radical (unpaired) electrons. The zero-order valence-electron chi connectivity index (χ0n) is 10.6. The Bertz CT molecular complexity index is 563. The van der Waals surface area contributed by atoms with Gasteiger partial charge in [-0.15, -0.1) is 21.8 Å². The van der Waals surface area contributed by atoms with E-state index in [1.54, 1.807) is 0 Å². The molecule has 1 heterocycles. The molecule has 0 bridgehead atoms. The van der Waals surface area contributed by atoms with E-state index in [1.165, 1.54) is 5.56 Å². The van der Waals surface area contributed by atoms with Crippen molar-refractivity contribution in [1.82, 2.24) is 14.8 Å².